The summed E-state index contributed by atoms with van der Waals surface area (Å²) in [6, 6.07) is 7.13. The molecule has 0 N–H and O–H groups in total. The Morgan fingerprint density at radius 2 is 2.04 bits per heavy atom. The van der Waals surface area contributed by atoms with Crippen LogP contribution in [-0.4, -0.2) is 49.4 Å². The van der Waals surface area contributed by atoms with E-state index in [1.165, 1.54) is 0 Å². The Balaban J connectivity index is 1.72. The normalized spacial score (nSPS) is 25.3. The first-order chi connectivity index (χ1) is 11.9. The van der Waals surface area contributed by atoms with Crippen molar-refractivity contribution >= 4 is 27.3 Å². The van der Waals surface area contributed by atoms with Crippen molar-refractivity contribution in [3.05, 3.63) is 34.9 Å². The van der Waals surface area contributed by atoms with Crippen molar-refractivity contribution in [1.29, 1.82) is 0 Å². The molecule has 1 aliphatic heterocycles. The molecule has 25 heavy (non-hydrogen) atoms. The second kappa shape index (κ2) is 7.64. The molecule has 3 rings (SSSR count). The Bertz CT molecular complexity index is 730. The number of nitrogens with zero attached hydrogens (tertiary/aromatic N) is 1. The minimum atomic E-state index is -3.37. The Morgan fingerprint density at radius 1 is 1.32 bits per heavy atom. The Morgan fingerprint density at radius 3 is 2.72 bits per heavy atom. The topological polar surface area (TPSA) is 63.7 Å². The average Bonchev–Trinajstić information content (AvgIpc) is 3.10. The highest BCUT2D eigenvalue weighted by Gasteiger charge is 2.37. The monoisotopic (exact) mass is 385 g/mol. The number of benzene rings is 1. The van der Waals surface area contributed by atoms with Crippen LogP contribution < -0.4 is 0 Å². The fourth-order valence-corrected chi connectivity index (χ4v) is 5.81. The highest BCUT2D eigenvalue weighted by atomic mass is 35.5. The third-order valence-electron chi connectivity index (χ3n) is 5.19. The van der Waals surface area contributed by atoms with Crippen LogP contribution in [-0.2, 0) is 19.4 Å². The van der Waals surface area contributed by atoms with Crippen LogP contribution in [0.15, 0.2) is 24.3 Å². The minimum absolute atomic E-state index is 0.238. The number of rotatable bonds is 4. The number of amides is 1. The molecule has 7 heteroatoms. The van der Waals surface area contributed by atoms with Gasteiger partial charge in [-0.3, -0.25) is 4.79 Å². The number of morpholine rings is 1. The molecular formula is C18H24ClNO4S. The number of hydrogen-bond acceptors (Lipinski definition) is 4. The van der Waals surface area contributed by atoms with Crippen molar-refractivity contribution in [2.45, 2.75) is 50.0 Å². The van der Waals surface area contributed by atoms with Crippen molar-refractivity contribution in [2.24, 2.45) is 0 Å². The standard InChI is InChI=1S/C18H24ClNO4S/c1-13-18(14-5-4-6-15(19)11-14)24-10-9-20(13)17(21)12-25(22,23)16-7-2-3-8-16/h4-6,11,13,16,18H,2-3,7-10,12H2,1H3/t13-,18+/m1/s1. The van der Waals surface area contributed by atoms with E-state index in [-0.39, 0.29) is 23.3 Å². The summed E-state index contributed by atoms with van der Waals surface area (Å²) in [7, 11) is -3.37. The maximum Gasteiger partial charge on any atom is 0.238 e. The zero-order valence-corrected chi connectivity index (χ0v) is 15.9. The van der Waals surface area contributed by atoms with Crippen LogP contribution >= 0.6 is 11.6 Å². The van der Waals surface area contributed by atoms with Crippen LogP contribution in [0.3, 0.4) is 0 Å². The molecule has 1 saturated carbocycles. The number of hydrogen-bond donors (Lipinski definition) is 0. The molecule has 2 aliphatic rings. The predicted octanol–water partition coefficient (Wildman–Crippen LogP) is 2.99. The van der Waals surface area contributed by atoms with E-state index in [0.29, 0.717) is 31.0 Å². The summed E-state index contributed by atoms with van der Waals surface area (Å²) < 4.78 is 30.8. The first-order valence-corrected chi connectivity index (χ1v) is 10.9. The fourth-order valence-electron chi connectivity index (χ4n) is 3.81. The highest BCUT2D eigenvalue weighted by Crippen LogP contribution is 2.31. The Labute approximate surface area is 154 Å². The van der Waals surface area contributed by atoms with Crippen molar-refractivity contribution in [3.8, 4) is 0 Å². The number of carbonyl (C=O) groups is 1. The highest BCUT2D eigenvalue weighted by molar-refractivity contribution is 7.92. The van der Waals surface area contributed by atoms with Gasteiger partial charge in [0.15, 0.2) is 9.84 Å². The van der Waals surface area contributed by atoms with Crippen molar-refractivity contribution in [3.63, 3.8) is 0 Å². The summed E-state index contributed by atoms with van der Waals surface area (Å²) in [6.45, 7) is 2.69. The number of ether oxygens (including phenoxy) is 1. The van der Waals surface area contributed by atoms with E-state index in [4.69, 9.17) is 16.3 Å². The zero-order chi connectivity index (χ0) is 18.0. The molecule has 2 fully saturated rings. The minimum Gasteiger partial charge on any atom is -0.370 e. The van der Waals surface area contributed by atoms with Gasteiger partial charge in [0.1, 0.15) is 11.9 Å². The average molecular weight is 386 g/mol. The van der Waals surface area contributed by atoms with Crippen molar-refractivity contribution in [2.75, 3.05) is 18.9 Å². The molecule has 1 aromatic rings. The van der Waals surface area contributed by atoms with Gasteiger partial charge in [-0.25, -0.2) is 8.42 Å². The lowest BCUT2D eigenvalue weighted by atomic mass is 10.0. The summed E-state index contributed by atoms with van der Waals surface area (Å²) in [6.07, 6.45) is 2.93. The molecule has 0 bridgehead atoms. The molecule has 2 atom stereocenters. The summed E-state index contributed by atoms with van der Waals surface area (Å²) in [4.78, 5) is 14.3. The van der Waals surface area contributed by atoms with E-state index >= 15 is 0 Å². The molecule has 1 amide bonds. The zero-order valence-electron chi connectivity index (χ0n) is 14.4. The van der Waals surface area contributed by atoms with Crippen LogP contribution in [0.1, 0.15) is 44.3 Å². The molecule has 138 valence electrons. The summed E-state index contributed by atoms with van der Waals surface area (Å²) in [5.41, 5.74) is 0.899. The summed E-state index contributed by atoms with van der Waals surface area (Å²) in [5, 5.41) is 0.261. The van der Waals surface area contributed by atoms with E-state index in [9.17, 15) is 13.2 Å². The summed E-state index contributed by atoms with van der Waals surface area (Å²) >= 11 is 6.06. The third kappa shape index (κ3) is 4.18. The van der Waals surface area contributed by atoms with Crippen LogP contribution in [0, 0.1) is 0 Å². The molecule has 1 aliphatic carbocycles. The van der Waals surface area contributed by atoms with Gasteiger partial charge < -0.3 is 9.64 Å². The van der Waals surface area contributed by atoms with Crippen LogP contribution in [0.25, 0.3) is 0 Å². The molecule has 0 unspecified atom stereocenters. The quantitative estimate of drug-likeness (QED) is 0.799. The van der Waals surface area contributed by atoms with E-state index in [1.807, 2.05) is 25.1 Å². The molecule has 1 heterocycles. The maximum absolute atomic E-state index is 12.7. The van der Waals surface area contributed by atoms with Crippen LogP contribution in [0.2, 0.25) is 5.02 Å². The molecule has 0 aromatic heterocycles. The third-order valence-corrected chi connectivity index (χ3v) is 7.56. The van der Waals surface area contributed by atoms with Gasteiger partial charge in [-0.05, 0) is 37.5 Å². The van der Waals surface area contributed by atoms with E-state index in [2.05, 4.69) is 0 Å². The maximum atomic E-state index is 12.7. The molecular weight excluding hydrogens is 362 g/mol. The van der Waals surface area contributed by atoms with Gasteiger partial charge in [0.25, 0.3) is 0 Å². The first kappa shape index (κ1) is 18.7. The molecule has 1 aromatic carbocycles. The van der Waals surface area contributed by atoms with E-state index in [1.54, 1.807) is 11.0 Å². The van der Waals surface area contributed by atoms with Gasteiger partial charge >= 0.3 is 0 Å². The van der Waals surface area contributed by atoms with Gasteiger partial charge in [-0.1, -0.05) is 36.6 Å². The smallest absolute Gasteiger partial charge is 0.238 e. The second-order valence-electron chi connectivity index (χ2n) is 6.89. The van der Waals surface area contributed by atoms with Gasteiger partial charge in [-0.2, -0.15) is 0 Å². The van der Waals surface area contributed by atoms with Crippen molar-refractivity contribution in [1.82, 2.24) is 4.90 Å². The largest absolute Gasteiger partial charge is 0.370 e. The van der Waals surface area contributed by atoms with Gasteiger partial charge in [-0.15, -0.1) is 0 Å². The molecule has 5 nitrogen and oxygen atoms in total. The number of carbonyl (C=O) groups excluding carboxylic acids is 1. The number of sulfone groups is 1. The van der Waals surface area contributed by atoms with E-state index in [0.717, 1.165) is 18.4 Å². The van der Waals surface area contributed by atoms with Gasteiger partial charge in [0, 0.05) is 11.6 Å². The second-order valence-corrected chi connectivity index (χ2v) is 9.61. The molecule has 0 radical (unpaired) electrons. The lowest BCUT2D eigenvalue weighted by molar-refractivity contribution is -0.142. The van der Waals surface area contributed by atoms with Crippen molar-refractivity contribution < 1.29 is 17.9 Å². The predicted molar refractivity (Wildman–Crippen MR) is 97.4 cm³/mol. The fraction of sp³-hybridized carbons (Fsp3) is 0.611. The lowest BCUT2D eigenvalue weighted by Gasteiger charge is -2.39. The van der Waals surface area contributed by atoms with Gasteiger partial charge in [0.2, 0.25) is 5.91 Å². The lowest BCUT2D eigenvalue weighted by Crippen LogP contribution is -2.50. The first-order valence-electron chi connectivity index (χ1n) is 8.76. The molecule has 1 saturated heterocycles. The van der Waals surface area contributed by atoms with Crippen LogP contribution in [0.4, 0.5) is 0 Å². The summed E-state index contributed by atoms with van der Waals surface area (Å²) in [5.74, 6) is -0.723. The Kier molecular flexibility index (Phi) is 5.71. The molecule has 0 spiro atoms. The van der Waals surface area contributed by atoms with Gasteiger partial charge in [0.05, 0.1) is 17.9 Å². The van der Waals surface area contributed by atoms with E-state index < -0.39 is 15.6 Å². The SMILES string of the molecule is C[C@@H]1[C@@H](c2cccc(Cl)c2)OCCN1C(=O)CS(=O)(=O)C1CCCC1. The Hall–Kier alpha value is -1.11. The van der Waals surface area contributed by atoms with Crippen LogP contribution in [0.5, 0.6) is 0 Å². The number of halogens is 1.